The van der Waals surface area contributed by atoms with Gasteiger partial charge in [-0.05, 0) is 41.8 Å². The van der Waals surface area contributed by atoms with Crippen LogP contribution in [0.15, 0.2) is 50.7 Å². The molecule has 3 rings (SSSR count). The highest BCUT2D eigenvalue weighted by molar-refractivity contribution is 9.10. The first-order valence-electron chi connectivity index (χ1n) is 4.99. The zero-order valence-corrected chi connectivity index (χ0v) is 11.1. The normalized spacial score (nSPS) is 17.0. The summed E-state index contributed by atoms with van der Waals surface area (Å²) in [6.07, 6.45) is 0. The summed E-state index contributed by atoms with van der Waals surface area (Å²) in [5, 5.41) is 0. The van der Waals surface area contributed by atoms with Crippen molar-refractivity contribution in [1.29, 1.82) is 0 Å². The van der Waals surface area contributed by atoms with Crippen LogP contribution in [0.4, 0.5) is 0 Å². The Morgan fingerprint density at radius 2 is 1.62 bits per heavy atom. The fourth-order valence-electron chi connectivity index (χ4n) is 2.00. The lowest BCUT2D eigenvalue weighted by Crippen LogP contribution is -1.86. The largest absolute Gasteiger partial charge is 0.249 e. The van der Waals surface area contributed by atoms with Crippen LogP contribution in [-0.4, -0.2) is 4.21 Å². The van der Waals surface area contributed by atoms with Gasteiger partial charge in [-0.1, -0.05) is 34.1 Å². The highest BCUT2D eigenvalue weighted by atomic mass is 79.9. The molecule has 1 nitrogen and oxygen atoms in total. The number of hydrogen-bond acceptors (Lipinski definition) is 1. The van der Waals surface area contributed by atoms with Crippen molar-refractivity contribution in [2.24, 2.45) is 0 Å². The van der Waals surface area contributed by atoms with E-state index in [4.69, 9.17) is 0 Å². The van der Waals surface area contributed by atoms with E-state index in [1.54, 1.807) is 0 Å². The van der Waals surface area contributed by atoms with Gasteiger partial charge >= 0.3 is 0 Å². The van der Waals surface area contributed by atoms with Gasteiger partial charge in [-0.2, -0.15) is 0 Å². The maximum absolute atomic E-state index is 12.3. The molecule has 0 aliphatic carbocycles. The van der Waals surface area contributed by atoms with Gasteiger partial charge in [-0.3, -0.25) is 0 Å². The number of rotatable bonds is 0. The van der Waals surface area contributed by atoms with E-state index in [0.29, 0.717) is 0 Å². The van der Waals surface area contributed by atoms with E-state index in [2.05, 4.69) is 28.1 Å². The average Bonchev–Trinajstić information content (AvgIpc) is 2.53. The van der Waals surface area contributed by atoms with Gasteiger partial charge in [0.05, 0.1) is 20.6 Å². The van der Waals surface area contributed by atoms with E-state index < -0.39 is 10.8 Å². The summed E-state index contributed by atoms with van der Waals surface area (Å²) in [5.41, 5.74) is 3.35. The molecule has 0 saturated carbocycles. The number of hydrogen-bond donors (Lipinski definition) is 0. The Bertz CT molecular complexity index is 566. The molecular weight excluding hydrogens is 284 g/mol. The van der Waals surface area contributed by atoms with Crippen LogP contribution in [0, 0.1) is 6.92 Å². The molecule has 0 fully saturated rings. The molecule has 0 spiro atoms. The number of fused-ring (bicyclic) bond motifs is 3. The van der Waals surface area contributed by atoms with Crippen molar-refractivity contribution in [3.63, 3.8) is 0 Å². The molecule has 2 aromatic rings. The van der Waals surface area contributed by atoms with Gasteiger partial charge in [0.1, 0.15) is 0 Å². The molecule has 1 aliphatic heterocycles. The Kier molecular flexibility index (Phi) is 2.26. The predicted molar refractivity (Wildman–Crippen MR) is 69.0 cm³/mol. The molecule has 1 unspecified atom stereocenters. The molecule has 0 bridgehead atoms. The summed E-state index contributed by atoms with van der Waals surface area (Å²) in [5.74, 6) is 0. The van der Waals surface area contributed by atoms with E-state index >= 15 is 0 Å². The molecule has 0 N–H and O–H groups in total. The first-order valence-corrected chi connectivity index (χ1v) is 6.93. The van der Waals surface area contributed by atoms with Crippen molar-refractivity contribution in [1.82, 2.24) is 0 Å². The van der Waals surface area contributed by atoms with Gasteiger partial charge in [0.15, 0.2) is 0 Å². The van der Waals surface area contributed by atoms with Gasteiger partial charge in [-0.15, -0.1) is 0 Å². The van der Waals surface area contributed by atoms with Gasteiger partial charge in [-0.25, -0.2) is 4.21 Å². The Morgan fingerprint density at radius 3 is 2.38 bits per heavy atom. The first-order chi connectivity index (χ1) is 7.66. The molecule has 1 atom stereocenters. The second-order valence-electron chi connectivity index (χ2n) is 3.91. The van der Waals surface area contributed by atoms with Crippen LogP contribution in [0.5, 0.6) is 0 Å². The quantitative estimate of drug-likeness (QED) is 0.614. The molecule has 2 aromatic carbocycles. The summed E-state index contributed by atoms with van der Waals surface area (Å²) in [6.45, 7) is 2.02. The lowest BCUT2D eigenvalue weighted by atomic mass is 10.0. The van der Waals surface area contributed by atoms with E-state index in [-0.39, 0.29) is 0 Å². The third-order valence-electron chi connectivity index (χ3n) is 2.77. The van der Waals surface area contributed by atoms with E-state index in [0.717, 1.165) is 31.0 Å². The molecule has 80 valence electrons. The minimum Gasteiger partial charge on any atom is -0.249 e. The zero-order chi connectivity index (χ0) is 11.3. The molecule has 1 aliphatic rings. The Labute approximate surface area is 105 Å². The maximum atomic E-state index is 12.3. The van der Waals surface area contributed by atoms with Crippen LogP contribution in [0.1, 0.15) is 5.56 Å². The highest BCUT2D eigenvalue weighted by Gasteiger charge is 2.25. The first kappa shape index (κ1) is 10.2. The third kappa shape index (κ3) is 1.39. The average molecular weight is 293 g/mol. The van der Waals surface area contributed by atoms with Crippen LogP contribution < -0.4 is 0 Å². The Balaban J connectivity index is 2.34. The molecule has 0 amide bonds. The smallest absolute Gasteiger partial charge is 0.0862 e. The van der Waals surface area contributed by atoms with Crippen LogP contribution in [0.25, 0.3) is 11.1 Å². The minimum atomic E-state index is -1.02. The second kappa shape index (κ2) is 3.54. The van der Waals surface area contributed by atoms with Crippen molar-refractivity contribution in [3.05, 3.63) is 46.4 Å². The van der Waals surface area contributed by atoms with E-state index in [9.17, 15) is 4.21 Å². The maximum Gasteiger partial charge on any atom is 0.0862 e. The minimum absolute atomic E-state index is 0.912. The summed E-state index contributed by atoms with van der Waals surface area (Å²) < 4.78 is 13.3. The molecule has 3 heteroatoms. The summed E-state index contributed by atoms with van der Waals surface area (Å²) in [7, 11) is -1.02. The van der Waals surface area contributed by atoms with Gasteiger partial charge in [0, 0.05) is 4.47 Å². The fraction of sp³-hybridized carbons (Fsp3) is 0.0769. The second-order valence-corrected chi connectivity index (χ2v) is 6.24. The van der Waals surface area contributed by atoms with Crippen molar-refractivity contribution in [3.8, 4) is 11.1 Å². The van der Waals surface area contributed by atoms with Crippen molar-refractivity contribution in [2.45, 2.75) is 16.7 Å². The van der Waals surface area contributed by atoms with E-state index in [1.807, 2.05) is 31.2 Å². The molecule has 0 saturated heterocycles. The monoisotopic (exact) mass is 292 g/mol. The number of halogens is 1. The van der Waals surface area contributed by atoms with Crippen LogP contribution in [0.3, 0.4) is 0 Å². The van der Waals surface area contributed by atoms with Crippen molar-refractivity contribution in [2.75, 3.05) is 0 Å². The molecule has 0 aromatic heterocycles. The van der Waals surface area contributed by atoms with Gasteiger partial charge in [0.25, 0.3) is 0 Å². The fourth-order valence-corrected chi connectivity index (χ4v) is 4.03. The lowest BCUT2D eigenvalue weighted by molar-refractivity contribution is 0.685. The molecule has 16 heavy (non-hydrogen) atoms. The highest BCUT2D eigenvalue weighted by Crippen LogP contribution is 2.41. The van der Waals surface area contributed by atoms with Crippen molar-refractivity contribution < 1.29 is 4.21 Å². The van der Waals surface area contributed by atoms with Crippen molar-refractivity contribution >= 4 is 26.7 Å². The van der Waals surface area contributed by atoms with E-state index in [1.165, 1.54) is 0 Å². The standard InChI is InChI=1S/C13H9BrOS/c1-8-2-4-10-11-5-3-9(14)7-13(11)16(15)12(10)6-8/h2-7H,1H3. The summed E-state index contributed by atoms with van der Waals surface area (Å²) >= 11 is 3.42. The topological polar surface area (TPSA) is 17.1 Å². The van der Waals surface area contributed by atoms with Crippen LogP contribution in [-0.2, 0) is 10.8 Å². The summed E-state index contributed by atoms with van der Waals surface area (Å²) in [4.78, 5) is 1.85. The number of aryl methyl sites for hydroxylation is 1. The summed E-state index contributed by atoms with van der Waals surface area (Å²) in [6, 6.07) is 12.1. The Hall–Kier alpha value is -0.930. The molecular formula is C13H9BrOS. The lowest BCUT2D eigenvalue weighted by Gasteiger charge is -1.99. The third-order valence-corrected chi connectivity index (χ3v) is 4.74. The predicted octanol–water partition coefficient (Wildman–Crippen LogP) is 3.90. The van der Waals surface area contributed by atoms with Crippen LogP contribution >= 0.6 is 15.9 Å². The SMILES string of the molecule is Cc1ccc2c(c1)S(=O)c1cc(Br)ccc1-2. The number of benzene rings is 2. The van der Waals surface area contributed by atoms with Crippen LogP contribution in [0.2, 0.25) is 0 Å². The molecule has 0 radical (unpaired) electrons. The van der Waals surface area contributed by atoms with Gasteiger partial charge in [0.2, 0.25) is 0 Å². The molecule has 1 heterocycles. The van der Waals surface area contributed by atoms with Gasteiger partial charge < -0.3 is 0 Å². The Morgan fingerprint density at radius 1 is 1.00 bits per heavy atom. The zero-order valence-electron chi connectivity index (χ0n) is 8.66.